The first-order chi connectivity index (χ1) is 6.26. The van der Waals surface area contributed by atoms with Gasteiger partial charge in [-0.05, 0) is 5.56 Å². The monoisotopic (exact) mass is 179 g/mol. The molecule has 0 bridgehead atoms. The Balaban J connectivity index is 2.64. The van der Waals surface area contributed by atoms with Crippen molar-refractivity contribution in [1.82, 2.24) is 4.98 Å². The van der Waals surface area contributed by atoms with Crippen LogP contribution in [0.2, 0.25) is 0 Å². The summed E-state index contributed by atoms with van der Waals surface area (Å²) in [6, 6.07) is 3.62. The van der Waals surface area contributed by atoms with E-state index in [4.69, 9.17) is 4.74 Å². The van der Waals surface area contributed by atoms with Crippen molar-refractivity contribution in [1.29, 1.82) is 0 Å². The number of aromatic nitrogens is 1. The van der Waals surface area contributed by atoms with Crippen molar-refractivity contribution in [3.05, 3.63) is 23.9 Å². The fourth-order valence-corrected chi connectivity index (χ4v) is 0.989. The van der Waals surface area contributed by atoms with Crippen LogP contribution in [0, 0.1) is 0 Å². The maximum absolute atomic E-state index is 11.1. The van der Waals surface area contributed by atoms with Gasteiger partial charge in [-0.1, -0.05) is 13.0 Å². The van der Waals surface area contributed by atoms with Gasteiger partial charge in [0.05, 0.1) is 7.11 Å². The average Bonchev–Trinajstić information content (AvgIpc) is 2.19. The highest BCUT2D eigenvalue weighted by Crippen LogP contribution is 2.07. The fourth-order valence-electron chi connectivity index (χ4n) is 0.989. The minimum absolute atomic E-state index is 0.229. The van der Waals surface area contributed by atoms with Crippen LogP contribution in [0.4, 0.5) is 0 Å². The summed E-state index contributed by atoms with van der Waals surface area (Å²) in [4.78, 5) is 15.1. The molecule has 0 N–H and O–H groups in total. The molecule has 0 fully saturated rings. The molecule has 0 spiro atoms. The molecule has 0 aliphatic carbocycles. The van der Waals surface area contributed by atoms with Gasteiger partial charge in [0, 0.05) is 25.1 Å². The quantitative estimate of drug-likeness (QED) is 0.705. The Morgan fingerprint density at radius 1 is 1.54 bits per heavy atom. The Morgan fingerprint density at radius 2 is 2.31 bits per heavy atom. The number of ketones is 1. The van der Waals surface area contributed by atoms with Crippen LogP contribution in [0.3, 0.4) is 0 Å². The summed E-state index contributed by atoms with van der Waals surface area (Å²) in [7, 11) is 1.57. The zero-order valence-corrected chi connectivity index (χ0v) is 7.91. The van der Waals surface area contributed by atoms with Gasteiger partial charge in [-0.3, -0.25) is 4.79 Å². The van der Waals surface area contributed by atoms with Crippen molar-refractivity contribution in [2.75, 3.05) is 7.11 Å². The first kappa shape index (κ1) is 9.71. The van der Waals surface area contributed by atoms with Crippen LogP contribution in [0.1, 0.15) is 18.9 Å². The van der Waals surface area contributed by atoms with E-state index in [1.807, 2.05) is 13.0 Å². The lowest BCUT2D eigenvalue weighted by Gasteiger charge is -2.00. The van der Waals surface area contributed by atoms with Gasteiger partial charge in [0.15, 0.2) is 0 Å². The van der Waals surface area contributed by atoms with Crippen LogP contribution in [0.25, 0.3) is 0 Å². The van der Waals surface area contributed by atoms with E-state index in [-0.39, 0.29) is 5.78 Å². The largest absolute Gasteiger partial charge is 0.481 e. The third kappa shape index (κ3) is 2.86. The summed E-state index contributed by atoms with van der Waals surface area (Å²) in [5, 5.41) is 0. The molecule has 0 radical (unpaired) electrons. The number of pyridine rings is 1. The number of carbonyl (C=O) groups is 1. The molecule has 3 heteroatoms. The number of ether oxygens (including phenoxy) is 1. The molecule has 0 saturated carbocycles. The predicted octanol–water partition coefficient (Wildman–Crippen LogP) is 1.61. The number of hydrogen-bond donors (Lipinski definition) is 0. The van der Waals surface area contributed by atoms with E-state index >= 15 is 0 Å². The van der Waals surface area contributed by atoms with E-state index < -0.39 is 0 Å². The summed E-state index contributed by atoms with van der Waals surface area (Å²) in [5.74, 6) is 0.805. The highest BCUT2D eigenvalue weighted by atomic mass is 16.5. The number of rotatable bonds is 4. The second kappa shape index (κ2) is 4.60. The fraction of sp³-hybridized carbons (Fsp3) is 0.400. The van der Waals surface area contributed by atoms with E-state index in [2.05, 4.69) is 4.98 Å². The van der Waals surface area contributed by atoms with Crippen LogP contribution < -0.4 is 4.74 Å². The maximum atomic E-state index is 11.1. The van der Waals surface area contributed by atoms with Gasteiger partial charge in [-0.15, -0.1) is 0 Å². The van der Waals surface area contributed by atoms with Crippen LogP contribution in [0.15, 0.2) is 18.3 Å². The second-order valence-corrected chi connectivity index (χ2v) is 2.78. The molecule has 0 amide bonds. The molecule has 0 aromatic carbocycles. The molecule has 0 unspecified atom stereocenters. The maximum Gasteiger partial charge on any atom is 0.212 e. The second-order valence-electron chi connectivity index (χ2n) is 2.78. The van der Waals surface area contributed by atoms with Crippen molar-refractivity contribution in [3.63, 3.8) is 0 Å². The van der Waals surface area contributed by atoms with Crippen molar-refractivity contribution in [2.24, 2.45) is 0 Å². The van der Waals surface area contributed by atoms with Crippen molar-refractivity contribution in [2.45, 2.75) is 19.8 Å². The molecule has 3 nitrogen and oxygen atoms in total. The standard InChI is InChI=1S/C10H13NO2/c1-3-9(12)6-8-4-5-10(13-2)11-7-8/h4-5,7H,3,6H2,1-2H3. The number of methoxy groups -OCH3 is 1. The minimum atomic E-state index is 0.229. The zero-order valence-electron chi connectivity index (χ0n) is 7.91. The third-order valence-corrected chi connectivity index (χ3v) is 1.80. The third-order valence-electron chi connectivity index (χ3n) is 1.80. The van der Waals surface area contributed by atoms with Crippen LogP contribution >= 0.6 is 0 Å². The molecule has 0 atom stereocenters. The Hall–Kier alpha value is -1.38. The Kier molecular flexibility index (Phi) is 3.43. The average molecular weight is 179 g/mol. The highest BCUT2D eigenvalue weighted by molar-refractivity contribution is 5.80. The predicted molar refractivity (Wildman–Crippen MR) is 49.8 cm³/mol. The molecule has 1 rings (SSSR count). The lowest BCUT2D eigenvalue weighted by Crippen LogP contribution is -2.00. The first-order valence-corrected chi connectivity index (χ1v) is 4.27. The van der Waals surface area contributed by atoms with E-state index in [1.165, 1.54) is 0 Å². The van der Waals surface area contributed by atoms with Gasteiger partial charge in [0.2, 0.25) is 5.88 Å². The summed E-state index contributed by atoms with van der Waals surface area (Å²) < 4.78 is 4.90. The zero-order chi connectivity index (χ0) is 9.68. The molecular weight excluding hydrogens is 166 g/mol. The van der Waals surface area contributed by atoms with Gasteiger partial charge >= 0.3 is 0 Å². The first-order valence-electron chi connectivity index (χ1n) is 4.27. The summed E-state index contributed by atoms with van der Waals surface area (Å²) in [6.45, 7) is 1.86. The molecule has 0 aliphatic heterocycles. The number of Topliss-reactive ketones (excluding diaryl/α,β-unsaturated/α-hetero) is 1. The number of carbonyl (C=O) groups excluding carboxylic acids is 1. The lowest BCUT2D eigenvalue weighted by atomic mass is 10.1. The lowest BCUT2D eigenvalue weighted by molar-refractivity contribution is -0.118. The molecule has 1 heterocycles. The molecular formula is C10H13NO2. The smallest absolute Gasteiger partial charge is 0.212 e. The van der Waals surface area contributed by atoms with Crippen molar-refractivity contribution < 1.29 is 9.53 Å². The Bertz CT molecular complexity index is 279. The van der Waals surface area contributed by atoms with Crippen LogP contribution in [-0.4, -0.2) is 17.9 Å². The SMILES string of the molecule is CCC(=O)Cc1ccc(OC)nc1. The van der Waals surface area contributed by atoms with E-state index in [0.29, 0.717) is 18.7 Å². The van der Waals surface area contributed by atoms with Gasteiger partial charge in [0.1, 0.15) is 5.78 Å². The van der Waals surface area contributed by atoms with Gasteiger partial charge in [-0.2, -0.15) is 0 Å². The van der Waals surface area contributed by atoms with Crippen molar-refractivity contribution >= 4 is 5.78 Å². The molecule has 70 valence electrons. The summed E-state index contributed by atoms with van der Waals surface area (Å²) in [6.07, 6.45) is 2.71. The molecule has 1 aromatic heterocycles. The Morgan fingerprint density at radius 3 is 2.77 bits per heavy atom. The number of hydrogen-bond acceptors (Lipinski definition) is 3. The van der Waals surface area contributed by atoms with Gasteiger partial charge < -0.3 is 4.74 Å². The number of nitrogens with zero attached hydrogens (tertiary/aromatic N) is 1. The molecule has 13 heavy (non-hydrogen) atoms. The minimum Gasteiger partial charge on any atom is -0.481 e. The van der Waals surface area contributed by atoms with Crippen molar-refractivity contribution in [3.8, 4) is 5.88 Å². The normalized spacial score (nSPS) is 9.69. The van der Waals surface area contributed by atoms with E-state index in [1.54, 1.807) is 19.4 Å². The molecule has 0 aliphatic rings. The summed E-state index contributed by atoms with van der Waals surface area (Å²) in [5.41, 5.74) is 0.938. The molecule has 1 aromatic rings. The van der Waals surface area contributed by atoms with Gasteiger partial charge in [0.25, 0.3) is 0 Å². The van der Waals surface area contributed by atoms with E-state index in [9.17, 15) is 4.79 Å². The van der Waals surface area contributed by atoms with E-state index in [0.717, 1.165) is 5.56 Å². The topological polar surface area (TPSA) is 39.2 Å². The molecule has 0 saturated heterocycles. The highest BCUT2D eigenvalue weighted by Gasteiger charge is 2.01. The van der Waals surface area contributed by atoms with Crippen LogP contribution in [-0.2, 0) is 11.2 Å². The van der Waals surface area contributed by atoms with Gasteiger partial charge in [-0.25, -0.2) is 4.98 Å². The Labute approximate surface area is 77.8 Å². The van der Waals surface area contributed by atoms with Crippen LogP contribution in [0.5, 0.6) is 5.88 Å². The summed E-state index contributed by atoms with van der Waals surface area (Å²) >= 11 is 0.